The molecule has 0 aliphatic rings. The van der Waals surface area contributed by atoms with E-state index < -0.39 is 0 Å². The van der Waals surface area contributed by atoms with Crippen molar-refractivity contribution in [2.75, 3.05) is 0 Å². The smallest absolute Gasteiger partial charge is 0.115 e. The summed E-state index contributed by atoms with van der Waals surface area (Å²) < 4.78 is 2.01. The zero-order valence-corrected chi connectivity index (χ0v) is 9.74. The minimum Gasteiger partial charge on any atom is -0.338 e. The number of hydrazine groups is 1. The molecule has 0 bridgehead atoms. The second kappa shape index (κ2) is 5.51. The molecule has 17 heavy (non-hydrogen) atoms. The zero-order valence-electron chi connectivity index (χ0n) is 9.74. The number of rotatable bonds is 5. The van der Waals surface area contributed by atoms with E-state index in [2.05, 4.69) is 20.4 Å². The van der Waals surface area contributed by atoms with Gasteiger partial charge in [0.25, 0.3) is 0 Å². The van der Waals surface area contributed by atoms with Crippen LogP contribution in [0.5, 0.6) is 0 Å². The SMILES string of the molecule is Cn1ccnc1CCC(NN)c1ccncn1. The first kappa shape index (κ1) is 11.7. The Morgan fingerprint density at radius 1 is 1.41 bits per heavy atom. The van der Waals surface area contributed by atoms with Gasteiger partial charge in [-0.15, -0.1) is 0 Å². The molecule has 2 aromatic rings. The van der Waals surface area contributed by atoms with Crippen LogP contribution in [0, 0.1) is 0 Å². The molecule has 1 unspecified atom stereocenters. The average molecular weight is 232 g/mol. The van der Waals surface area contributed by atoms with Gasteiger partial charge in [-0.3, -0.25) is 11.3 Å². The molecule has 0 aliphatic heterocycles. The fourth-order valence-corrected chi connectivity index (χ4v) is 1.73. The lowest BCUT2D eigenvalue weighted by atomic mass is 10.1. The van der Waals surface area contributed by atoms with Gasteiger partial charge in [-0.1, -0.05) is 0 Å². The molecule has 6 nitrogen and oxygen atoms in total. The van der Waals surface area contributed by atoms with E-state index in [9.17, 15) is 0 Å². The van der Waals surface area contributed by atoms with Crippen molar-refractivity contribution in [2.45, 2.75) is 18.9 Å². The monoisotopic (exact) mass is 232 g/mol. The summed E-state index contributed by atoms with van der Waals surface area (Å²) in [7, 11) is 1.98. The van der Waals surface area contributed by atoms with Crippen LogP contribution in [0.3, 0.4) is 0 Å². The number of nitrogens with zero attached hydrogens (tertiary/aromatic N) is 4. The molecule has 2 rings (SSSR count). The highest BCUT2D eigenvalue weighted by molar-refractivity contribution is 5.05. The third-order valence-corrected chi connectivity index (χ3v) is 2.74. The van der Waals surface area contributed by atoms with Crippen molar-refractivity contribution < 1.29 is 0 Å². The second-order valence-corrected chi connectivity index (χ2v) is 3.85. The summed E-state index contributed by atoms with van der Waals surface area (Å²) in [5.41, 5.74) is 3.67. The van der Waals surface area contributed by atoms with Crippen LogP contribution in [0.4, 0.5) is 0 Å². The van der Waals surface area contributed by atoms with Crippen LogP contribution in [0.25, 0.3) is 0 Å². The summed E-state index contributed by atoms with van der Waals surface area (Å²) in [6.07, 6.45) is 8.67. The Balaban J connectivity index is 1.99. The van der Waals surface area contributed by atoms with Gasteiger partial charge in [0.2, 0.25) is 0 Å². The molecule has 0 aliphatic carbocycles. The Morgan fingerprint density at radius 2 is 2.29 bits per heavy atom. The van der Waals surface area contributed by atoms with Crippen LogP contribution in [-0.2, 0) is 13.5 Å². The van der Waals surface area contributed by atoms with Gasteiger partial charge in [-0.05, 0) is 12.5 Å². The van der Waals surface area contributed by atoms with Gasteiger partial charge in [0.05, 0.1) is 11.7 Å². The van der Waals surface area contributed by atoms with Gasteiger partial charge in [0, 0.05) is 32.1 Å². The third-order valence-electron chi connectivity index (χ3n) is 2.74. The summed E-state index contributed by atoms with van der Waals surface area (Å²) in [5, 5.41) is 0. The number of imidazole rings is 1. The number of aromatic nitrogens is 4. The highest BCUT2D eigenvalue weighted by Gasteiger charge is 2.12. The average Bonchev–Trinajstić information content (AvgIpc) is 2.77. The predicted octanol–water partition coefficient (Wildman–Crippen LogP) is 0.347. The molecule has 0 radical (unpaired) electrons. The van der Waals surface area contributed by atoms with Crippen LogP contribution < -0.4 is 11.3 Å². The minimum absolute atomic E-state index is 0.0229. The van der Waals surface area contributed by atoms with E-state index in [0.717, 1.165) is 24.4 Å². The molecule has 0 fully saturated rings. The van der Waals surface area contributed by atoms with Crippen molar-refractivity contribution in [3.8, 4) is 0 Å². The van der Waals surface area contributed by atoms with E-state index in [1.165, 1.54) is 6.33 Å². The van der Waals surface area contributed by atoms with E-state index in [1.54, 1.807) is 12.4 Å². The highest BCUT2D eigenvalue weighted by atomic mass is 15.2. The zero-order chi connectivity index (χ0) is 12.1. The minimum atomic E-state index is 0.0229. The fourth-order valence-electron chi connectivity index (χ4n) is 1.73. The Kier molecular flexibility index (Phi) is 3.79. The molecule has 2 aromatic heterocycles. The Bertz CT molecular complexity index is 452. The maximum atomic E-state index is 5.54. The first-order valence-corrected chi connectivity index (χ1v) is 5.49. The molecule has 0 saturated heterocycles. The molecule has 0 spiro atoms. The van der Waals surface area contributed by atoms with Crippen LogP contribution in [-0.4, -0.2) is 19.5 Å². The summed E-state index contributed by atoms with van der Waals surface area (Å²) in [6, 6.07) is 1.89. The van der Waals surface area contributed by atoms with Crippen molar-refractivity contribution in [3.05, 3.63) is 42.5 Å². The van der Waals surface area contributed by atoms with Crippen LogP contribution >= 0.6 is 0 Å². The molecule has 1 atom stereocenters. The lowest BCUT2D eigenvalue weighted by molar-refractivity contribution is 0.494. The van der Waals surface area contributed by atoms with Crippen molar-refractivity contribution in [2.24, 2.45) is 12.9 Å². The van der Waals surface area contributed by atoms with E-state index in [0.29, 0.717) is 0 Å². The molecular formula is C11H16N6. The first-order valence-electron chi connectivity index (χ1n) is 5.49. The van der Waals surface area contributed by atoms with Crippen molar-refractivity contribution >= 4 is 0 Å². The van der Waals surface area contributed by atoms with E-state index in [4.69, 9.17) is 5.84 Å². The second-order valence-electron chi connectivity index (χ2n) is 3.85. The number of hydrogen-bond donors (Lipinski definition) is 2. The normalized spacial score (nSPS) is 12.6. The van der Waals surface area contributed by atoms with Gasteiger partial charge in [-0.2, -0.15) is 0 Å². The molecule has 0 aromatic carbocycles. The lowest BCUT2D eigenvalue weighted by Crippen LogP contribution is -2.29. The van der Waals surface area contributed by atoms with E-state index in [-0.39, 0.29) is 6.04 Å². The number of nitrogens with two attached hydrogens (primary N) is 1. The topological polar surface area (TPSA) is 81.7 Å². The first-order chi connectivity index (χ1) is 8.31. The maximum Gasteiger partial charge on any atom is 0.115 e. The van der Waals surface area contributed by atoms with Crippen molar-refractivity contribution in [3.63, 3.8) is 0 Å². The standard InChI is InChI=1S/C11H16N6/c1-17-7-6-14-11(17)3-2-10(16-12)9-4-5-13-8-15-9/h4-8,10,16H,2-3,12H2,1H3. The van der Waals surface area contributed by atoms with Gasteiger partial charge in [0.15, 0.2) is 0 Å². The Labute approximate surface area is 99.9 Å². The summed E-state index contributed by atoms with van der Waals surface area (Å²) >= 11 is 0. The summed E-state index contributed by atoms with van der Waals surface area (Å²) in [5.74, 6) is 6.59. The van der Waals surface area contributed by atoms with Gasteiger partial charge < -0.3 is 4.57 Å². The number of hydrogen-bond acceptors (Lipinski definition) is 5. The molecule has 0 saturated carbocycles. The van der Waals surface area contributed by atoms with Crippen LogP contribution in [0.1, 0.15) is 24.0 Å². The molecule has 6 heteroatoms. The van der Waals surface area contributed by atoms with E-state index in [1.807, 2.05) is 23.9 Å². The van der Waals surface area contributed by atoms with Crippen molar-refractivity contribution in [1.82, 2.24) is 24.9 Å². The third kappa shape index (κ3) is 2.86. The van der Waals surface area contributed by atoms with Gasteiger partial charge in [0.1, 0.15) is 12.2 Å². The number of aryl methyl sites for hydroxylation is 2. The fraction of sp³-hybridized carbons (Fsp3) is 0.364. The summed E-state index contributed by atoms with van der Waals surface area (Å²) in [4.78, 5) is 12.4. The van der Waals surface area contributed by atoms with Gasteiger partial charge in [-0.25, -0.2) is 15.0 Å². The van der Waals surface area contributed by atoms with E-state index >= 15 is 0 Å². The quantitative estimate of drug-likeness (QED) is 0.574. The lowest BCUT2D eigenvalue weighted by Gasteiger charge is -2.14. The molecule has 2 heterocycles. The molecule has 0 amide bonds. The van der Waals surface area contributed by atoms with Gasteiger partial charge >= 0.3 is 0 Å². The number of nitrogens with one attached hydrogen (secondary N) is 1. The maximum absolute atomic E-state index is 5.54. The molecular weight excluding hydrogens is 216 g/mol. The largest absolute Gasteiger partial charge is 0.338 e. The van der Waals surface area contributed by atoms with Crippen LogP contribution in [0.15, 0.2) is 31.0 Å². The Morgan fingerprint density at radius 3 is 2.88 bits per heavy atom. The highest BCUT2D eigenvalue weighted by Crippen LogP contribution is 2.14. The molecule has 3 N–H and O–H groups in total. The van der Waals surface area contributed by atoms with Crippen LogP contribution in [0.2, 0.25) is 0 Å². The summed E-state index contributed by atoms with van der Waals surface area (Å²) in [6.45, 7) is 0. The molecule has 90 valence electrons. The predicted molar refractivity (Wildman–Crippen MR) is 63.6 cm³/mol. The van der Waals surface area contributed by atoms with Crippen molar-refractivity contribution in [1.29, 1.82) is 0 Å². The Hall–Kier alpha value is -1.79.